The van der Waals surface area contributed by atoms with Crippen molar-refractivity contribution >= 4 is 22.0 Å². The van der Waals surface area contributed by atoms with Gasteiger partial charge in [0.2, 0.25) is 0 Å². The van der Waals surface area contributed by atoms with Gasteiger partial charge in [-0.2, -0.15) is 0 Å². The number of halogens is 1. The van der Waals surface area contributed by atoms with Crippen molar-refractivity contribution in [2.45, 2.75) is 6.04 Å². The number of carbonyl (C=O) groups excluding carboxylic acids is 1. The molecule has 1 saturated heterocycles. The fraction of sp³-hybridized carbons (Fsp3) is 0.364. The predicted molar refractivity (Wildman–Crippen MR) is 64.0 cm³/mol. The lowest BCUT2D eigenvalue weighted by Gasteiger charge is -2.18. The van der Waals surface area contributed by atoms with Crippen molar-refractivity contribution in [2.75, 3.05) is 19.7 Å². The van der Waals surface area contributed by atoms with E-state index >= 15 is 0 Å². The molecule has 2 N–H and O–H groups in total. The van der Waals surface area contributed by atoms with Crippen LogP contribution in [-0.4, -0.2) is 30.7 Å². The van der Waals surface area contributed by atoms with E-state index in [4.69, 9.17) is 10.5 Å². The minimum Gasteiger partial charge on any atom is -0.448 e. The molecule has 1 aliphatic rings. The van der Waals surface area contributed by atoms with E-state index in [2.05, 4.69) is 15.9 Å². The molecule has 0 aromatic heterocycles. The summed E-state index contributed by atoms with van der Waals surface area (Å²) >= 11 is 3.37. The van der Waals surface area contributed by atoms with Gasteiger partial charge in [0.15, 0.2) is 0 Å². The quantitative estimate of drug-likeness (QED) is 0.922. The van der Waals surface area contributed by atoms with Crippen molar-refractivity contribution in [3.63, 3.8) is 0 Å². The van der Waals surface area contributed by atoms with Crippen molar-refractivity contribution in [3.8, 4) is 0 Å². The van der Waals surface area contributed by atoms with Crippen LogP contribution in [0.2, 0.25) is 0 Å². The highest BCUT2D eigenvalue weighted by Gasteiger charge is 2.24. The zero-order valence-electron chi connectivity index (χ0n) is 8.73. The Morgan fingerprint density at radius 2 is 2.12 bits per heavy atom. The van der Waals surface area contributed by atoms with Gasteiger partial charge in [0.05, 0.1) is 6.54 Å². The molecule has 86 valence electrons. The van der Waals surface area contributed by atoms with Crippen molar-refractivity contribution in [1.82, 2.24) is 4.90 Å². The van der Waals surface area contributed by atoms with Crippen LogP contribution in [0.15, 0.2) is 28.7 Å². The van der Waals surface area contributed by atoms with E-state index in [1.165, 1.54) is 0 Å². The Kier molecular flexibility index (Phi) is 3.46. The topological polar surface area (TPSA) is 55.6 Å². The van der Waals surface area contributed by atoms with Gasteiger partial charge in [0.25, 0.3) is 0 Å². The van der Waals surface area contributed by atoms with Crippen LogP contribution in [-0.2, 0) is 4.74 Å². The molecule has 0 saturated carbocycles. The second kappa shape index (κ2) is 4.84. The lowest BCUT2D eigenvalue weighted by Crippen LogP contribution is -2.32. The molecule has 16 heavy (non-hydrogen) atoms. The number of hydrogen-bond acceptors (Lipinski definition) is 3. The van der Waals surface area contributed by atoms with E-state index < -0.39 is 0 Å². The molecule has 1 atom stereocenters. The van der Waals surface area contributed by atoms with Crippen LogP contribution in [0.5, 0.6) is 0 Å². The number of nitrogens with two attached hydrogens (primary N) is 1. The number of ether oxygens (including phenoxy) is 1. The van der Waals surface area contributed by atoms with E-state index in [9.17, 15) is 4.79 Å². The van der Waals surface area contributed by atoms with Crippen LogP contribution >= 0.6 is 15.9 Å². The largest absolute Gasteiger partial charge is 0.448 e. The van der Waals surface area contributed by atoms with Crippen molar-refractivity contribution in [3.05, 3.63) is 34.3 Å². The molecule has 1 amide bonds. The highest BCUT2D eigenvalue weighted by molar-refractivity contribution is 9.10. The summed E-state index contributed by atoms with van der Waals surface area (Å²) in [6.45, 7) is 1.59. The maximum absolute atomic E-state index is 11.2. The first-order valence-electron chi connectivity index (χ1n) is 5.09. The second-order valence-electron chi connectivity index (χ2n) is 3.72. The zero-order chi connectivity index (χ0) is 11.5. The SMILES string of the molecule is NC(CN1CCOC1=O)c1ccc(Br)cc1. The number of rotatable bonds is 3. The lowest BCUT2D eigenvalue weighted by atomic mass is 10.1. The minimum atomic E-state index is -0.271. The molecule has 1 heterocycles. The molecule has 1 unspecified atom stereocenters. The summed E-state index contributed by atoms with van der Waals surface area (Å²) in [5.74, 6) is 0. The van der Waals surface area contributed by atoms with E-state index in [0.717, 1.165) is 10.0 Å². The fourth-order valence-corrected chi connectivity index (χ4v) is 1.91. The molecule has 1 aromatic carbocycles. The third kappa shape index (κ3) is 2.54. The van der Waals surface area contributed by atoms with Crippen LogP contribution in [0.1, 0.15) is 11.6 Å². The van der Waals surface area contributed by atoms with Gasteiger partial charge in [-0.3, -0.25) is 0 Å². The predicted octanol–water partition coefficient (Wildman–Crippen LogP) is 1.90. The number of cyclic esters (lactones) is 1. The smallest absolute Gasteiger partial charge is 0.410 e. The van der Waals surface area contributed by atoms with E-state index in [-0.39, 0.29) is 12.1 Å². The number of carbonyl (C=O) groups is 1. The Labute approximate surface area is 102 Å². The van der Waals surface area contributed by atoms with Crippen LogP contribution < -0.4 is 5.73 Å². The molecule has 0 spiro atoms. The van der Waals surface area contributed by atoms with Gasteiger partial charge in [-0.05, 0) is 17.7 Å². The third-order valence-corrected chi connectivity index (χ3v) is 3.09. The molecular weight excluding hydrogens is 272 g/mol. The van der Waals surface area contributed by atoms with Crippen molar-refractivity contribution in [2.24, 2.45) is 5.73 Å². The Morgan fingerprint density at radius 1 is 1.44 bits per heavy atom. The summed E-state index contributed by atoms with van der Waals surface area (Å²) in [6.07, 6.45) is -0.271. The number of nitrogens with zero attached hydrogens (tertiary/aromatic N) is 1. The normalized spacial score (nSPS) is 17.4. The van der Waals surface area contributed by atoms with Gasteiger partial charge < -0.3 is 15.4 Å². The molecule has 2 rings (SSSR count). The summed E-state index contributed by atoms with van der Waals surface area (Å²) in [4.78, 5) is 12.9. The maximum atomic E-state index is 11.2. The maximum Gasteiger partial charge on any atom is 0.410 e. The summed E-state index contributed by atoms with van der Waals surface area (Å²) in [5, 5.41) is 0. The van der Waals surface area contributed by atoms with Crippen LogP contribution in [0.4, 0.5) is 4.79 Å². The average Bonchev–Trinajstić information content (AvgIpc) is 2.65. The number of amides is 1. The molecule has 1 fully saturated rings. The van der Waals surface area contributed by atoms with Crippen LogP contribution in [0, 0.1) is 0 Å². The second-order valence-corrected chi connectivity index (χ2v) is 4.63. The van der Waals surface area contributed by atoms with Gasteiger partial charge in [0, 0.05) is 17.1 Å². The van der Waals surface area contributed by atoms with Crippen LogP contribution in [0.25, 0.3) is 0 Å². The van der Waals surface area contributed by atoms with Crippen molar-refractivity contribution < 1.29 is 9.53 Å². The first-order chi connectivity index (χ1) is 7.66. The molecule has 1 aliphatic heterocycles. The summed E-state index contributed by atoms with van der Waals surface area (Å²) in [5.41, 5.74) is 7.04. The highest BCUT2D eigenvalue weighted by atomic mass is 79.9. The van der Waals surface area contributed by atoms with Gasteiger partial charge in [-0.25, -0.2) is 4.79 Å². The Bertz CT molecular complexity index is 380. The molecule has 4 nitrogen and oxygen atoms in total. The van der Waals surface area contributed by atoms with E-state index in [1.54, 1.807) is 4.90 Å². The Morgan fingerprint density at radius 3 is 2.69 bits per heavy atom. The van der Waals surface area contributed by atoms with Crippen LogP contribution in [0.3, 0.4) is 0 Å². The summed E-state index contributed by atoms with van der Waals surface area (Å²) < 4.78 is 5.86. The highest BCUT2D eigenvalue weighted by Crippen LogP contribution is 2.17. The molecule has 0 bridgehead atoms. The summed E-state index contributed by atoms with van der Waals surface area (Å²) in [7, 11) is 0. The van der Waals surface area contributed by atoms with Gasteiger partial charge in [0.1, 0.15) is 6.61 Å². The Hall–Kier alpha value is -1.07. The van der Waals surface area contributed by atoms with E-state index in [1.807, 2.05) is 24.3 Å². The minimum absolute atomic E-state index is 0.168. The molecule has 1 aromatic rings. The standard InChI is InChI=1S/C11H13BrN2O2/c12-9-3-1-8(2-4-9)10(13)7-14-5-6-16-11(14)15/h1-4,10H,5-7,13H2. The number of hydrogen-bond donors (Lipinski definition) is 1. The zero-order valence-corrected chi connectivity index (χ0v) is 10.3. The molecule has 0 radical (unpaired) electrons. The number of benzene rings is 1. The van der Waals surface area contributed by atoms with Gasteiger partial charge >= 0.3 is 6.09 Å². The lowest BCUT2D eigenvalue weighted by molar-refractivity contribution is 0.157. The first kappa shape index (κ1) is 11.4. The third-order valence-electron chi connectivity index (χ3n) is 2.56. The fourth-order valence-electron chi connectivity index (χ4n) is 1.64. The molecule has 5 heteroatoms. The average molecular weight is 285 g/mol. The van der Waals surface area contributed by atoms with Crippen molar-refractivity contribution in [1.29, 1.82) is 0 Å². The summed E-state index contributed by atoms with van der Waals surface area (Å²) in [6, 6.07) is 7.63. The Balaban J connectivity index is 1.99. The monoisotopic (exact) mass is 284 g/mol. The van der Waals surface area contributed by atoms with Gasteiger partial charge in [-0.1, -0.05) is 28.1 Å². The van der Waals surface area contributed by atoms with E-state index in [0.29, 0.717) is 19.7 Å². The first-order valence-corrected chi connectivity index (χ1v) is 5.89. The molecule has 0 aliphatic carbocycles. The molecular formula is C11H13BrN2O2. The van der Waals surface area contributed by atoms with Gasteiger partial charge in [-0.15, -0.1) is 0 Å².